The van der Waals surface area contributed by atoms with E-state index in [2.05, 4.69) is 10.3 Å². The molecule has 1 aliphatic rings. The van der Waals surface area contributed by atoms with Gasteiger partial charge in [0.2, 0.25) is 5.91 Å². The maximum absolute atomic E-state index is 13.3. The number of rotatable bonds is 3. The molecule has 0 spiro atoms. The van der Waals surface area contributed by atoms with Gasteiger partial charge in [-0.3, -0.25) is 9.59 Å². The van der Waals surface area contributed by atoms with E-state index in [0.717, 1.165) is 16.3 Å². The van der Waals surface area contributed by atoms with Crippen LogP contribution in [0.2, 0.25) is 0 Å². The van der Waals surface area contributed by atoms with E-state index in [0.29, 0.717) is 24.2 Å². The Morgan fingerprint density at radius 1 is 1.25 bits per heavy atom. The van der Waals surface area contributed by atoms with Crippen molar-refractivity contribution in [2.24, 2.45) is 0 Å². The zero-order valence-electron chi connectivity index (χ0n) is 15.2. The molecule has 5 nitrogen and oxygen atoms in total. The molecule has 142 valence electrons. The molecule has 0 aliphatic carbocycles. The molecule has 1 aromatic heterocycles. The monoisotopic (exact) mass is 395 g/mol. The number of aryl methyl sites for hydroxylation is 1. The SMILES string of the molecule is Cc1csc(-c2cccc(C(=O)N3CCNC(=O)C3c3ccc(F)cc3)c2)n1. The van der Waals surface area contributed by atoms with Crippen LogP contribution in [0.3, 0.4) is 0 Å². The Hall–Kier alpha value is -3.06. The Morgan fingerprint density at radius 3 is 2.75 bits per heavy atom. The van der Waals surface area contributed by atoms with Gasteiger partial charge in [0.05, 0.1) is 0 Å². The lowest BCUT2D eigenvalue weighted by molar-refractivity contribution is -0.128. The molecule has 4 rings (SSSR count). The number of benzene rings is 2. The Balaban J connectivity index is 1.67. The second kappa shape index (κ2) is 7.52. The fourth-order valence-corrected chi connectivity index (χ4v) is 4.09. The molecule has 1 atom stereocenters. The van der Waals surface area contributed by atoms with E-state index >= 15 is 0 Å². The van der Waals surface area contributed by atoms with E-state index in [9.17, 15) is 14.0 Å². The largest absolute Gasteiger partial charge is 0.352 e. The Bertz CT molecular complexity index is 1030. The number of nitrogens with one attached hydrogen (secondary N) is 1. The summed E-state index contributed by atoms with van der Waals surface area (Å²) in [5.74, 6) is -0.887. The molecule has 28 heavy (non-hydrogen) atoms. The van der Waals surface area contributed by atoms with Crippen molar-refractivity contribution in [3.05, 3.63) is 76.5 Å². The van der Waals surface area contributed by atoms with E-state index in [-0.39, 0.29) is 17.6 Å². The van der Waals surface area contributed by atoms with Gasteiger partial charge in [-0.25, -0.2) is 9.37 Å². The second-order valence-electron chi connectivity index (χ2n) is 6.62. The molecule has 0 radical (unpaired) electrons. The number of carbonyl (C=O) groups excluding carboxylic acids is 2. The number of nitrogens with zero attached hydrogens (tertiary/aromatic N) is 2. The van der Waals surface area contributed by atoms with E-state index in [1.165, 1.54) is 28.4 Å². The van der Waals surface area contributed by atoms with Gasteiger partial charge in [-0.05, 0) is 36.8 Å². The van der Waals surface area contributed by atoms with Gasteiger partial charge in [-0.15, -0.1) is 11.3 Å². The van der Waals surface area contributed by atoms with Crippen LogP contribution >= 0.6 is 11.3 Å². The first kappa shape index (κ1) is 18.3. The zero-order valence-corrected chi connectivity index (χ0v) is 16.0. The lowest BCUT2D eigenvalue weighted by Crippen LogP contribution is -2.52. The summed E-state index contributed by atoms with van der Waals surface area (Å²) in [7, 11) is 0. The number of piperazine rings is 1. The third-order valence-electron chi connectivity index (χ3n) is 4.63. The van der Waals surface area contributed by atoms with E-state index < -0.39 is 6.04 Å². The van der Waals surface area contributed by atoms with Crippen molar-refractivity contribution < 1.29 is 14.0 Å². The van der Waals surface area contributed by atoms with Crippen LogP contribution in [0.25, 0.3) is 10.6 Å². The van der Waals surface area contributed by atoms with Gasteiger partial charge in [0, 0.05) is 35.3 Å². The van der Waals surface area contributed by atoms with Crippen molar-refractivity contribution in [1.29, 1.82) is 0 Å². The highest BCUT2D eigenvalue weighted by Gasteiger charge is 2.34. The first-order valence-electron chi connectivity index (χ1n) is 8.89. The summed E-state index contributed by atoms with van der Waals surface area (Å²) in [4.78, 5) is 31.8. The number of hydrogen-bond acceptors (Lipinski definition) is 4. The molecule has 7 heteroatoms. The van der Waals surface area contributed by atoms with E-state index in [1.54, 1.807) is 24.3 Å². The molecule has 2 amide bonds. The quantitative estimate of drug-likeness (QED) is 0.738. The van der Waals surface area contributed by atoms with Crippen molar-refractivity contribution in [3.63, 3.8) is 0 Å². The van der Waals surface area contributed by atoms with Gasteiger partial charge < -0.3 is 10.2 Å². The van der Waals surface area contributed by atoms with Gasteiger partial charge in [0.1, 0.15) is 16.9 Å². The average molecular weight is 395 g/mol. The number of aromatic nitrogens is 1. The number of amides is 2. The molecule has 1 aliphatic heterocycles. The molecular formula is C21H18FN3O2S. The average Bonchev–Trinajstić information content (AvgIpc) is 3.15. The molecule has 1 unspecified atom stereocenters. The predicted molar refractivity (Wildman–Crippen MR) is 105 cm³/mol. The highest BCUT2D eigenvalue weighted by Crippen LogP contribution is 2.28. The highest BCUT2D eigenvalue weighted by atomic mass is 32.1. The molecule has 1 N–H and O–H groups in total. The molecule has 3 aromatic rings. The van der Waals surface area contributed by atoms with Crippen molar-refractivity contribution >= 4 is 23.2 Å². The van der Waals surface area contributed by atoms with Gasteiger partial charge in [0.15, 0.2) is 0 Å². The summed E-state index contributed by atoms with van der Waals surface area (Å²) in [6.07, 6.45) is 0. The van der Waals surface area contributed by atoms with Crippen LogP contribution in [0.15, 0.2) is 53.9 Å². The summed E-state index contributed by atoms with van der Waals surface area (Å²) >= 11 is 1.52. The summed E-state index contributed by atoms with van der Waals surface area (Å²) < 4.78 is 13.3. The number of thiazole rings is 1. The normalized spacial score (nSPS) is 16.7. The summed E-state index contributed by atoms with van der Waals surface area (Å²) in [6.45, 7) is 2.69. The topological polar surface area (TPSA) is 62.3 Å². The lowest BCUT2D eigenvalue weighted by Gasteiger charge is -2.35. The van der Waals surface area contributed by atoms with Gasteiger partial charge in [-0.1, -0.05) is 24.3 Å². The van der Waals surface area contributed by atoms with Gasteiger partial charge >= 0.3 is 0 Å². The fourth-order valence-electron chi connectivity index (χ4n) is 3.30. The van der Waals surface area contributed by atoms with Crippen LogP contribution in [0.1, 0.15) is 27.7 Å². The third-order valence-corrected chi connectivity index (χ3v) is 5.64. The van der Waals surface area contributed by atoms with Gasteiger partial charge in [0.25, 0.3) is 5.91 Å². The maximum atomic E-state index is 13.3. The number of hydrogen-bond donors (Lipinski definition) is 1. The molecule has 0 bridgehead atoms. The predicted octanol–water partition coefficient (Wildman–Crippen LogP) is 3.57. The smallest absolute Gasteiger partial charge is 0.254 e. The van der Waals surface area contributed by atoms with Crippen molar-refractivity contribution in [2.75, 3.05) is 13.1 Å². The molecule has 2 aromatic carbocycles. The van der Waals surface area contributed by atoms with Crippen LogP contribution in [0.4, 0.5) is 4.39 Å². The minimum absolute atomic E-state index is 0.237. The minimum atomic E-state index is -0.785. The molecule has 2 heterocycles. The standard InChI is InChI=1S/C21H18FN3O2S/c1-13-12-28-20(24-13)15-3-2-4-16(11-15)21(27)25-10-9-23-19(26)18(25)14-5-7-17(22)8-6-14/h2-8,11-12,18H,9-10H2,1H3,(H,23,26). The van der Waals surface area contributed by atoms with Crippen LogP contribution in [0, 0.1) is 12.7 Å². The molecule has 0 saturated carbocycles. The van der Waals surface area contributed by atoms with E-state index in [4.69, 9.17) is 0 Å². The molecule has 1 saturated heterocycles. The van der Waals surface area contributed by atoms with Crippen molar-refractivity contribution in [1.82, 2.24) is 15.2 Å². The summed E-state index contributed by atoms with van der Waals surface area (Å²) in [6, 6.07) is 12.2. The Morgan fingerprint density at radius 2 is 2.04 bits per heavy atom. The van der Waals surface area contributed by atoms with E-state index in [1.807, 2.05) is 24.4 Å². The van der Waals surface area contributed by atoms with Crippen LogP contribution in [0.5, 0.6) is 0 Å². The minimum Gasteiger partial charge on any atom is -0.352 e. The zero-order chi connectivity index (χ0) is 19.7. The first-order valence-corrected chi connectivity index (χ1v) is 9.77. The maximum Gasteiger partial charge on any atom is 0.254 e. The van der Waals surface area contributed by atoms with Crippen LogP contribution in [-0.2, 0) is 4.79 Å². The third kappa shape index (κ3) is 3.53. The van der Waals surface area contributed by atoms with Crippen LogP contribution in [-0.4, -0.2) is 34.8 Å². The van der Waals surface area contributed by atoms with Crippen molar-refractivity contribution in [2.45, 2.75) is 13.0 Å². The summed E-state index contributed by atoms with van der Waals surface area (Å²) in [5.41, 5.74) is 2.87. The first-order chi connectivity index (χ1) is 13.5. The Kier molecular flexibility index (Phi) is 4.92. The number of carbonyl (C=O) groups is 2. The second-order valence-corrected chi connectivity index (χ2v) is 7.48. The number of halogens is 1. The fraction of sp³-hybridized carbons (Fsp3) is 0.190. The lowest BCUT2D eigenvalue weighted by atomic mass is 10.0. The van der Waals surface area contributed by atoms with Crippen molar-refractivity contribution in [3.8, 4) is 10.6 Å². The van der Waals surface area contributed by atoms with Crippen LogP contribution < -0.4 is 5.32 Å². The highest BCUT2D eigenvalue weighted by molar-refractivity contribution is 7.13. The Labute approximate surface area is 165 Å². The summed E-state index contributed by atoms with van der Waals surface area (Å²) in [5, 5.41) is 5.59. The molecule has 1 fully saturated rings. The van der Waals surface area contributed by atoms with Gasteiger partial charge in [-0.2, -0.15) is 0 Å². The molecular weight excluding hydrogens is 377 g/mol.